The molecule has 0 fully saturated rings. The molecule has 6 nitrogen and oxygen atoms in total. The highest BCUT2D eigenvalue weighted by Gasteiger charge is 2.33. The van der Waals surface area contributed by atoms with E-state index in [2.05, 4.69) is 0 Å². The molecule has 0 heterocycles. The lowest BCUT2D eigenvalue weighted by Crippen LogP contribution is -2.28. The average Bonchev–Trinajstić information content (AvgIpc) is 2.59. The molecule has 2 atom stereocenters. The number of hydrogen-bond acceptors (Lipinski definition) is 6. The molecule has 0 aliphatic heterocycles. The summed E-state index contributed by atoms with van der Waals surface area (Å²) in [7, 11) is 4.13. The Morgan fingerprint density at radius 2 is 1.58 bits per heavy atom. The van der Waals surface area contributed by atoms with E-state index >= 15 is 0 Å². The van der Waals surface area contributed by atoms with Crippen LogP contribution in [0.4, 0.5) is 0 Å². The van der Waals surface area contributed by atoms with Crippen molar-refractivity contribution in [2.45, 2.75) is 27.2 Å². The highest BCUT2D eigenvalue weighted by molar-refractivity contribution is 7.00. The predicted molar refractivity (Wildman–Crippen MR) is 93.9 cm³/mol. The molecule has 134 valence electrons. The molecule has 0 N–H and O–H groups in total. The Kier molecular flexibility index (Phi) is 10.6. The van der Waals surface area contributed by atoms with Crippen LogP contribution in [0.15, 0.2) is 18.2 Å². The fourth-order valence-electron chi connectivity index (χ4n) is 2.29. The number of ketones is 1. The molecule has 0 saturated carbocycles. The minimum absolute atomic E-state index is 0.180. The molecule has 1 rings (SSSR count). The van der Waals surface area contributed by atoms with Gasteiger partial charge in [-0.15, -0.1) is 0 Å². The van der Waals surface area contributed by atoms with Crippen LogP contribution in [0.5, 0.6) is 11.5 Å². The lowest BCUT2D eigenvalue weighted by molar-refractivity contribution is -0.146. The van der Waals surface area contributed by atoms with E-state index in [4.69, 9.17) is 18.8 Å². The SMILES string of the molecule is CCOC(=O)C(CC(C)C)C(=O)c1c(OC)cccc1OC.O=[PH2+]. The fraction of sp³-hybridized carbons (Fsp3) is 0.529. The Hall–Kier alpha value is -1.94. The molecule has 0 bridgehead atoms. The number of benzene rings is 1. The number of hydrogen-bond donors (Lipinski definition) is 0. The molecule has 0 amide bonds. The quantitative estimate of drug-likeness (QED) is 0.307. The van der Waals surface area contributed by atoms with Crippen LogP contribution in [0.3, 0.4) is 0 Å². The van der Waals surface area contributed by atoms with Gasteiger partial charge in [0.1, 0.15) is 23.0 Å². The summed E-state index contributed by atoms with van der Waals surface area (Å²) < 4.78 is 23.7. The van der Waals surface area contributed by atoms with E-state index < -0.39 is 11.9 Å². The van der Waals surface area contributed by atoms with Crippen LogP contribution in [0, 0.1) is 11.8 Å². The summed E-state index contributed by atoms with van der Waals surface area (Å²) in [4.78, 5) is 25.1. The van der Waals surface area contributed by atoms with Crippen molar-refractivity contribution < 1.29 is 28.4 Å². The smallest absolute Gasteiger partial charge is 0.316 e. The van der Waals surface area contributed by atoms with Crippen LogP contribution >= 0.6 is 9.12 Å². The summed E-state index contributed by atoms with van der Waals surface area (Å²) >= 11 is 0. The van der Waals surface area contributed by atoms with Crippen molar-refractivity contribution in [2.24, 2.45) is 11.8 Å². The first-order valence-corrected chi connectivity index (χ1v) is 8.08. The Balaban J connectivity index is 0.00000254. The standard InChI is InChI=1S/C17H24O5.H2OP/c1-6-22-17(19)12(10-11(2)3)16(18)15-13(20-4)8-7-9-14(15)21-5;1-2/h7-9,11-12H,6,10H2,1-5H3;2H2/q;+1. The van der Waals surface area contributed by atoms with Crippen LogP contribution in [-0.4, -0.2) is 32.6 Å². The van der Waals surface area contributed by atoms with E-state index in [-0.39, 0.29) is 23.9 Å². The third-order valence-electron chi connectivity index (χ3n) is 3.27. The molecule has 0 saturated heterocycles. The number of carbonyl (C=O) groups is 2. The minimum atomic E-state index is -0.856. The van der Waals surface area contributed by atoms with Crippen molar-refractivity contribution in [1.82, 2.24) is 0 Å². The van der Waals surface area contributed by atoms with Gasteiger partial charge in [-0.3, -0.25) is 9.59 Å². The Bertz CT molecular complexity index is 522. The summed E-state index contributed by atoms with van der Waals surface area (Å²) in [5.41, 5.74) is 0.284. The van der Waals surface area contributed by atoms with Gasteiger partial charge in [0.25, 0.3) is 0 Å². The number of ether oxygens (including phenoxy) is 3. The van der Waals surface area contributed by atoms with Gasteiger partial charge in [-0.25, -0.2) is 0 Å². The molecule has 24 heavy (non-hydrogen) atoms. The molecule has 0 aromatic heterocycles. The van der Waals surface area contributed by atoms with E-state index in [9.17, 15) is 9.59 Å². The summed E-state index contributed by atoms with van der Waals surface area (Å²) in [5, 5.41) is 0. The lowest BCUT2D eigenvalue weighted by atomic mass is 9.89. The van der Waals surface area contributed by atoms with Gasteiger partial charge in [-0.2, -0.15) is 0 Å². The van der Waals surface area contributed by atoms with E-state index in [1.54, 1.807) is 25.1 Å². The second-order valence-corrected chi connectivity index (χ2v) is 5.34. The van der Waals surface area contributed by atoms with Crippen molar-refractivity contribution in [3.63, 3.8) is 0 Å². The molecule has 2 unspecified atom stereocenters. The highest BCUT2D eigenvalue weighted by atomic mass is 31.0. The molecule has 0 aliphatic rings. The highest BCUT2D eigenvalue weighted by Crippen LogP contribution is 2.32. The van der Waals surface area contributed by atoms with Gasteiger partial charge in [0.2, 0.25) is 0 Å². The molecular weight excluding hydrogens is 331 g/mol. The Labute approximate surface area is 145 Å². The van der Waals surface area contributed by atoms with Gasteiger partial charge < -0.3 is 14.2 Å². The molecule has 1 aromatic carbocycles. The van der Waals surface area contributed by atoms with E-state index in [0.717, 1.165) is 0 Å². The molecule has 1 aromatic rings. The summed E-state index contributed by atoms with van der Waals surface area (Å²) in [6.07, 6.45) is 0.416. The Morgan fingerprint density at radius 3 is 1.96 bits per heavy atom. The summed E-state index contributed by atoms with van der Waals surface area (Å²) in [6, 6.07) is 5.08. The van der Waals surface area contributed by atoms with Crippen molar-refractivity contribution in [1.29, 1.82) is 0 Å². The summed E-state index contributed by atoms with van der Waals surface area (Å²) in [5.74, 6) is -0.732. The van der Waals surface area contributed by atoms with Gasteiger partial charge in [-0.05, 0) is 31.4 Å². The Morgan fingerprint density at radius 1 is 1.08 bits per heavy atom. The van der Waals surface area contributed by atoms with E-state index in [0.29, 0.717) is 17.9 Å². The fourth-order valence-corrected chi connectivity index (χ4v) is 2.29. The van der Waals surface area contributed by atoms with Crippen LogP contribution in [0.25, 0.3) is 0 Å². The second kappa shape index (κ2) is 11.6. The van der Waals surface area contributed by atoms with E-state index in [1.807, 2.05) is 13.8 Å². The van der Waals surface area contributed by atoms with Crippen LogP contribution in [0.1, 0.15) is 37.6 Å². The molecular formula is C17H26O6P+. The van der Waals surface area contributed by atoms with Gasteiger partial charge in [0.15, 0.2) is 5.78 Å². The maximum absolute atomic E-state index is 12.9. The van der Waals surface area contributed by atoms with E-state index in [1.165, 1.54) is 23.3 Å². The zero-order chi connectivity index (χ0) is 18.7. The van der Waals surface area contributed by atoms with Gasteiger partial charge in [-0.1, -0.05) is 24.5 Å². The maximum atomic E-state index is 12.9. The topological polar surface area (TPSA) is 78.9 Å². The zero-order valence-electron chi connectivity index (χ0n) is 14.8. The minimum Gasteiger partial charge on any atom is -0.496 e. The number of methoxy groups -OCH3 is 2. The van der Waals surface area contributed by atoms with Crippen molar-refractivity contribution in [2.75, 3.05) is 20.8 Å². The molecule has 7 heteroatoms. The number of esters is 1. The third kappa shape index (κ3) is 5.93. The van der Waals surface area contributed by atoms with Gasteiger partial charge in [0.05, 0.1) is 20.8 Å². The first-order valence-electron chi connectivity index (χ1n) is 7.61. The number of Topliss-reactive ketones (excluding diaryl/α,β-unsaturated/α-hetero) is 1. The number of carbonyl (C=O) groups excluding carboxylic acids is 2. The monoisotopic (exact) mass is 357 g/mol. The number of rotatable bonds is 8. The summed E-state index contributed by atoms with van der Waals surface area (Å²) in [6.45, 7) is 5.88. The molecule has 0 aliphatic carbocycles. The normalized spacial score (nSPS) is 11.1. The van der Waals surface area contributed by atoms with Gasteiger partial charge in [0, 0.05) is 0 Å². The third-order valence-corrected chi connectivity index (χ3v) is 3.27. The molecule has 0 radical (unpaired) electrons. The van der Waals surface area contributed by atoms with Crippen molar-refractivity contribution >= 4 is 20.9 Å². The van der Waals surface area contributed by atoms with Gasteiger partial charge >= 0.3 is 15.1 Å². The van der Waals surface area contributed by atoms with Crippen molar-refractivity contribution in [3.05, 3.63) is 23.8 Å². The lowest BCUT2D eigenvalue weighted by Gasteiger charge is -2.19. The largest absolute Gasteiger partial charge is 0.496 e. The maximum Gasteiger partial charge on any atom is 0.316 e. The molecule has 0 spiro atoms. The van der Waals surface area contributed by atoms with Crippen molar-refractivity contribution in [3.8, 4) is 11.5 Å². The predicted octanol–water partition coefficient (Wildman–Crippen LogP) is 3.32. The second-order valence-electron chi connectivity index (χ2n) is 5.34. The van der Waals surface area contributed by atoms with Crippen LogP contribution in [0.2, 0.25) is 0 Å². The first-order chi connectivity index (χ1) is 11.5. The first kappa shape index (κ1) is 22.1. The average molecular weight is 357 g/mol. The van der Waals surface area contributed by atoms with Crippen LogP contribution < -0.4 is 9.47 Å². The van der Waals surface area contributed by atoms with Crippen LogP contribution in [-0.2, 0) is 14.1 Å². The zero-order valence-corrected chi connectivity index (χ0v) is 16.0.